The van der Waals surface area contributed by atoms with Crippen LogP contribution >= 0.6 is 27.5 Å². The first-order valence-electron chi connectivity index (χ1n) is 8.61. The van der Waals surface area contributed by atoms with Crippen molar-refractivity contribution in [1.29, 1.82) is 0 Å². The minimum absolute atomic E-state index is 0.0870. The maximum Gasteiger partial charge on any atom is 0.255 e. The number of anilines is 1. The number of amides is 1. The molecule has 0 radical (unpaired) electrons. The third-order valence-electron chi connectivity index (χ3n) is 4.95. The second kappa shape index (κ2) is 7.46. The summed E-state index contributed by atoms with van der Waals surface area (Å²) in [5.41, 5.74) is 1.42. The minimum Gasteiger partial charge on any atom is -0.329 e. The number of hydrogen-bond donors (Lipinski definition) is 3. The summed E-state index contributed by atoms with van der Waals surface area (Å²) in [7, 11) is 0. The summed E-state index contributed by atoms with van der Waals surface area (Å²) in [5.74, 6) is -0.203. The Morgan fingerprint density at radius 1 is 1.19 bits per heavy atom. The van der Waals surface area contributed by atoms with Crippen LogP contribution in [-0.2, 0) is 4.79 Å². The summed E-state index contributed by atoms with van der Waals surface area (Å²) < 4.78 is 0.994. The molecular weight excluding hydrogens is 430 g/mol. The van der Waals surface area contributed by atoms with Gasteiger partial charge in [0.25, 0.3) is 5.56 Å². The number of hydrogen-bond acceptors (Lipinski definition) is 3. The average Bonchev–Trinajstić information content (AvgIpc) is 3.13. The minimum atomic E-state index is -0.206. The Kier molecular flexibility index (Phi) is 5.04. The predicted molar refractivity (Wildman–Crippen MR) is 111 cm³/mol. The number of fused-ring (bicyclic) bond motifs is 1. The zero-order valence-corrected chi connectivity index (χ0v) is 16.6. The molecule has 0 aliphatic carbocycles. The lowest BCUT2D eigenvalue weighted by Crippen LogP contribution is -2.28. The molecule has 1 fully saturated rings. The Morgan fingerprint density at radius 2 is 2.04 bits per heavy atom. The summed E-state index contributed by atoms with van der Waals surface area (Å²) in [4.78, 5) is 27.5. The van der Waals surface area contributed by atoms with Crippen molar-refractivity contribution in [1.82, 2.24) is 10.3 Å². The lowest BCUT2D eigenvalue weighted by Gasteiger charge is -2.19. The first kappa shape index (κ1) is 18.2. The van der Waals surface area contributed by atoms with E-state index in [-0.39, 0.29) is 23.3 Å². The van der Waals surface area contributed by atoms with Crippen molar-refractivity contribution in [2.75, 3.05) is 18.4 Å². The fourth-order valence-electron chi connectivity index (χ4n) is 3.57. The normalized spacial score (nSPS) is 19.3. The van der Waals surface area contributed by atoms with Crippen LogP contribution in [0.15, 0.2) is 57.9 Å². The lowest BCUT2D eigenvalue weighted by atomic mass is 9.88. The van der Waals surface area contributed by atoms with E-state index in [0.717, 1.165) is 22.0 Å². The van der Waals surface area contributed by atoms with Gasteiger partial charge in [0, 0.05) is 35.1 Å². The highest BCUT2D eigenvalue weighted by Crippen LogP contribution is 2.32. The molecule has 1 aliphatic heterocycles. The van der Waals surface area contributed by atoms with Gasteiger partial charge >= 0.3 is 0 Å². The van der Waals surface area contributed by atoms with Crippen LogP contribution < -0.4 is 16.2 Å². The standard InChI is InChI=1S/C20H17BrClN3O2/c21-13-3-1-2-11(6-13)15-9-23-10-16(15)20(27)25-18-7-12-4-5-24-19(26)14(12)8-17(18)22/h1-8,15-16,23H,9-10H2,(H,24,26)(H,25,27)/t15-,16+/m1/s1. The van der Waals surface area contributed by atoms with Gasteiger partial charge in [-0.05, 0) is 41.3 Å². The summed E-state index contributed by atoms with van der Waals surface area (Å²) in [6.07, 6.45) is 1.58. The van der Waals surface area contributed by atoms with E-state index in [4.69, 9.17) is 11.6 Å². The Balaban J connectivity index is 1.61. The van der Waals surface area contributed by atoms with Crippen molar-refractivity contribution in [3.8, 4) is 0 Å². The summed E-state index contributed by atoms with van der Waals surface area (Å²) in [5, 5.41) is 7.82. The molecule has 0 unspecified atom stereocenters. The summed E-state index contributed by atoms with van der Waals surface area (Å²) in [6.45, 7) is 1.35. The number of rotatable bonds is 3. The largest absolute Gasteiger partial charge is 0.329 e. The number of pyridine rings is 1. The van der Waals surface area contributed by atoms with Crippen molar-refractivity contribution >= 4 is 49.9 Å². The second-order valence-corrected chi connectivity index (χ2v) is 7.96. The highest BCUT2D eigenvalue weighted by Gasteiger charge is 2.34. The molecule has 0 spiro atoms. The number of benzene rings is 2. The molecule has 3 N–H and O–H groups in total. The molecule has 138 valence electrons. The van der Waals surface area contributed by atoms with Crippen molar-refractivity contribution in [2.45, 2.75) is 5.92 Å². The zero-order chi connectivity index (χ0) is 19.0. The van der Waals surface area contributed by atoms with Gasteiger partial charge < -0.3 is 15.6 Å². The average molecular weight is 447 g/mol. The van der Waals surface area contributed by atoms with E-state index in [2.05, 4.69) is 31.5 Å². The van der Waals surface area contributed by atoms with Gasteiger partial charge in [-0.3, -0.25) is 9.59 Å². The van der Waals surface area contributed by atoms with Gasteiger partial charge in [-0.25, -0.2) is 0 Å². The topological polar surface area (TPSA) is 74.0 Å². The number of carbonyl (C=O) groups excluding carboxylic acids is 1. The molecule has 4 rings (SSSR count). The molecule has 1 saturated heterocycles. The summed E-state index contributed by atoms with van der Waals surface area (Å²) >= 11 is 9.80. The molecule has 7 heteroatoms. The quantitative estimate of drug-likeness (QED) is 0.571. The summed E-state index contributed by atoms with van der Waals surface area (Å²) in [6, 6.07) is 13.1. The van der Waals surface area contributed by atoms with Crippen LogP contribution in [0.1, 0.15) is 11.5 Å². The van der Waals surface area contributed by atoms with Gasteiger partial charge in [0.2, 0.25) is 5.91 Å². The fourth-order valence-corrected chi connectivity index (χ4v) is 4.20. The van der Waals surface area contributed by atoms with Crippen LogP contribution in [0.4, 0.5) is 5.69 Å². The first-order chi connectivity index (χ1) is 13.0. The second-order valence-electron chi connectivity index (χ2n) is 6.64. The molecular formula is C20H17BrClN3O2. The molecule has 2 aromatic carbocycles. The number of aromatic nitrogens is 1. The number of carbonyl (C=O) groups is 1. The number of H-pyrrole nitrogens is 1. The highest BCUT2D eigenvalue weighted by atomic mass is 79.9. The third kappa shape index (κ3) is 3.65. The molecule has 5 nitrogen and oxygen atoms in total. The molecule has 0 saturated carbocycles. The maximum atomic E-state index is 12.9. The van der Waals surface area contributed by atoms with Crippen LogP contribution in [0.3, 0.4) is 0 Å². The first-order valence-corrected chi connectivity index (χ1v) is 9.78. The van der Waals surface area contributed by atoms with E-state index in [9.17, 15) is 9.59 Å². The SMILES string of the molecule is O=C(Nc1cc2cc[nH]c(=O)c2cc1Cl)[C@H]1CNC[C@@H]1c1cccc(Br)c1. The van der Waals surface area contributed by atoms with E-state index in [1.165, 1.54) is 0 Å². The molecule has 1 aromatic heterocycles. The van der Waals surface area contributed by atoms with E-state index in [0.29, 0.717) is 22.6 Å². The van der Waals surface area contributed by atoms with Crippen molar-refractivity contribution in [3.63, 3.8) is 0 Å². The lowest BCUT2D eigenvalue weighted by molar-refractivity contribution is -0.119. The van der Waals surface area contributed by atoms with Crippen LogP contribution in [0, 0.1) is 5.92 Å². The Bertz CT molecular complexity index is 1080. The Labute approximate surface area is 169 Å². The van der Waals surface area contributed by atoms with Gasteiger partial charge in [-0.15, -0.1) is 0 Å². The van der Waals surface area contributed by atoms with E-state index >= 15 is 0 Å². The molecule has 27 heavy (non-hydrogen) atoms. The molecule has 3 aromatic rings. The molecule has 2 atom stereocenters. The number of halogens is 2. The maximum absolute atomic E-state index is 12.9. The monoisotopic (exact) mass is 445 g/mol. The van der Waals surface area contributed by atoms with Crippen LogP contribution in [0.5, 0.6) is 0 Å². The van der Waals surface area contributed by atoms with E-state index in [1.807, 2.05) is 24.3 Å². The number of aromatic amines is 1. The van der Waals surface area contributed by atoms with Gasteiger partial charge in [0.15, 0.2) is 0 Å². The Hall–Kier alpha value is -2.15. The smallest absolute Gasteiger partial charge is 0.255 e. The van der Waals surface area contributed by atoms with E-state index in [1.54, 1.807) is 24.4 Å². The van der Waals surface area contributed by atoms with Crippen molar-refractivity contribution in [2.24, 2.45) is 5.92 Å². The van der Waals surface area contributed by atoms with Crippen LogP contribution in [0.2, 0.25) is 5.02 Å². The number of nitrogens with one attached hydrogen (secondary N) is 3. The molecule has 2 heterocycles. The third-order valence-corrected chi connectivity index (χ3v) is 5.75. The molecule has 1 amide bonds. The van der Waals surface area contributed by atoms with Crippen LogP contribution in [0.25, 0.3) is 10.8 Å². The molecule has 0 bridgehead atoms. The van der Waals surface area contributed by atoms with Crippen molar-refractivity contribution in [3.05, 3.63) is 74.1 Å². The van der Waals surface area contributed by atoms with Gasteiger partial charge in [0.1, 0.15) is 0 Å². The zero-order valence-electron chi connectivity index (χ0n) is 14.3. The van der Waals surface area contributed by atoms with E-state index < -0.39 is 0 Å². The van der Waals surface area contributed by atoms with Crippen LogP contribution in [-0.4, -0.2) is 24.0 Å². The van der Waals surface area contributed by atoms with Crippen molar-refractivity contribution < 1.29 is 4.79 Å². The fraction of sp³-hybridized carbons (Fsp3) is 0.200. The Morgan fingerprint density at radius 3 is 2.85 bits per heavy atom. The molecule has 1 aliphatic rings. The van der Waals surface area contributed by atoms with Gasteiger partial charge in [-0.1, -0.05) is 39.7 Å². The van der Waals surface area contributed by atoms with Gasteiger partial charge in [-0.2, -0.15) is 0 Å². The predicted octanol–water partition coefficient (Wildman–Crippen LogP) is 3.89. The van der Waals surface area contributed by atoms with Gasteiger partial charge in [0.05, 0.1) is 16.6 Å². The highest BCUT2D eigenvalue weighted by molar-refractivity contribution is 9.10.